The van der Waals surface area contributed by atoms with E-state index in [9.17, 15) is 5.11 Å². The van der Waals surface area contributed by atoms with Crippen LogP contribution in [0.3, 0.4) is 0 Å². The van der Waals surface area contributed by atoms with E-state index in [4.69, 9.17) is 5.73 Å². The lowest BCUT2D eigenvalue weighted by Crippen LogP contribution is -2.45. The van der Waals surface area contributed by atoms with Gasteiger partial charge in [0.25, 0.3) is 0 Å². The quantitative estimate of drug-likeness (QED) is 0.859. The summed E-state index contributed by atoms with van der Waals surface area (Å²) in [5.41, 5.74) is 8.25. The Balaban J connectivity index is 1.69. The molecule has 0 amide bonds. The molecule has 0 aliphatic carbocycles. The maximum Gasteiger partial charge on any atom is 0.223 e. The molecule has 7 heteroatoms. The van der Waals surface area contributed by atoms with Crippen LogP contribution >= 0.6 is 0 Å². The van der Waals surface area contributed by atoms with Gasteiger partial charge in [0, 0.05) is 50.5 Å². The van der Waals surface area contributed by atoms with E-state index in [1.807, 2.05) is 18.2 Å². The Hall–Kier alpha value is -2.54. The minimum absolute atomic E-state index is 0.270. The van der Waals surface area contributed by atoms with Gasteiger partial charge in [-0.2, -0.15) is 9.97 Å². The number of aromatic hydroxyl groups is 1. The minimum atomic E-state index is 0.270. The Morgan fingerprint density at radius 2 is 1.76 bits per heavy atom. The number of nitrogens with zero attached hydrogens (tertiary/aromatic N) is 5. The van der Waals surface area contributed by atoms with Gasteiger partial charge in [-0.25, -0.2) is 0 Å². The Morgan fingerprint density at radius 1 is 1.00 bits per heavy atom. The molecule has 3 N–H and O–H groups in total. The Morgan fingerprint density at radius 3 is 2.56 bits per heavy atom. The number of phenols is 1. The number of phenolic OH excluding ortho intramolecular Hbond substituents is 1. The van der Waals surface area contributed by atoms with E-state index < -0.39 is 0 Å². The molecule has 7 nitrogen and oxygen atoms in total. The Labute approximate surface area is 147 Å². The molecule has 132 valence electrons. The van der Waals surface area contributed by atoms with Gasteiger partial charge in [-0.3, -0.25) is 0 Å². The molecule has 1 aromatic carbocycles. The topological polar surface area (TPSA) is 81.8 Å². The van der Waals surface area contributed by atoms with Gasteiger partial charge in [0.1, 0.15) is 17.4 Å². The van der Waals surface area contributed by atoms with Crippen LogP contribution in [0.15, 0.2) is 24.3 Å². The summed E-state index contributed by atoms with van der Waals surface area (Å²) in [7, 11) is 2.13. The van der Waals surface area contributed by atoms with Crippen molar-refractivity contribution in [1.29, 1.82) is 0 Å². The largest absolute Gasteiger partial charge is 0.508 e. The first-order valence-electron chi connectivity index (χ1n) is 8.77. The van der Waals surface area contributed by atoms with Gasteiger partial charge in [0.2, 0.25) is 5.95 Å². The summed E-state index contributed by atoms with van der Waals surface area (Å²) in [6, 6.07) is 7.55. The molecule has 0 bridgehead atoms. The fourth-order valence-electron chi connectivity index (χ4n) is 3.58. The van der Waals surface area contributed by atoms with Gasteiger partial charge in [-0.05, 0) is 31.5 Å². The van der Waals surface area contributed by atoms with Crippen molar-refractivity contribution in [2.75, 3.05) is 55.3 Å². The molecule has 1 fully saturated rings. The molecular weight excluding hydrogens is 316 g/mol. The van der Waals surface area contributed by atoms with Gasteiger partial charge in [0.05, 0.1) is 0 Å². The zero-order valence-electron chi connectivity index (χ0n) is 14.5. The highest BCUT2D eigenvalue weighted by Gasteiger charge is 2.23. The smallest absolute Gasteiger partial charge is 0.223 e. The van der Waals surface area contributed by atoms with Crippen LogP contribution in [0.25, 0.3) is 0 Å². The number of hydrogen-bond acceptors (Lipinski definition) is 7. The lowest BCUT2D eigenvalue weighted by atomic mass is 10.0. The summed E-state index contributed by atoms with van der Waals surface area (Å²) < 4.78 is 0. The lowest BCUT2D eigenvalue weighted by Gasteiger charge is -2.34. The fourth-order valence-corrected chi connectivity index (χ4v) is 3.58. The second-order valence-electron chi connectivity index (χ2n) is 6.80. The van der Waals surface area contributed by atoms with Crippen LogP contribution in [0.2, 0.25) is 0 Å². The molecular formula is C18H24N6O. The van der Waals surface area contributed by atoms with Crippen molar-refractivity contribution < 1.29 is 5.11 Å². The second kappa shape index (κ2) is 6.40. The molecule has 0 atom stereocenters. The van der Waals surface area contributed by atoms with Crippen molar-refractivity contribution >= 4 is 23.3 Å². The third-order valence-electron chi connectivity index (χ3n) is 5.01. The van der Waals surface area contributed by atoms with E-state index in [2.05, 4.69) is 31.7 Å². The molecule has 1 saturated heterocycles. The van der Waals surface area contributed by atoms with Gasteiger partial charge in [-0.1, -0.05) is 6.07 Å². The van der Waals surface area contributed by atoms with Crippen molar-refractivity contribution in [3.63, 3.8) is 0 Å². The number of nitrogen functional groups attached to an aromatic ring is 1. The molecule has 2 aliphatic rings. The summed E-state index contributed by atoms with van der Waals surface area (Å²) in [6.45, 7) is 4.75. The molecule has 0 radical (unpaired) electrons. The van der Waals surface area contributed by atoms with Crippen molar-refractivity contribution in [3.8, 4) is 5.75 Å². The molecule has 4 rings (SSSR count). The number of piperazine rings is 1. The first kappa shape index (κ1) is 16.0. The summed E-state index contributed by atoms with van der Waals surface area (Å²) in [6.07, 6.45) is 2.06. The van der Waals surface area contributed by atoms with Crippen LogP contribution in [-0.4, -0.2) is 59.7 Å². The highest BCUT2D eigenvalue weighted by atomic mass is 16.3. The van der Waals surface area contributed by atoms with E-state index in [-0.39, 0.29) is 5.75 Å². The number of aromatic nitrogens is 2. The van der Waals surface area contributed by atoms with Crippen molar-refractivity contribution in [3.05, 3.63) is 29.8 Å². The van der Waals surface area contributed by atoms with Crippen LogP contribution in [0.1, 0.15) is 12.0 Å². The third kappa shape index (κ3) is 3.19. The summed E-state index contributed by atoms with van der Waals surface area (Å²) in [5.74, 6) is 2.24. The van der Waals surface area contributed by atoms with Crippen LogP contribution in [0.5, 0.6) is 5.75 Å². The molecule has 2 aliphatic heterocycles. The summed E-state index contributed by atoms with van der Waals surface area (Å²) >= 11 is 0. The molecule has 2 aromatic rings. The van der Waals surface area contributed by atoms with Crippen molar-refractivity contribution in [2.45, 2.75) is 12.8 Å². The second-order valence-corrected chi connectivity index (χ2v) is 6.80. The molecule has 0 spiro atoms. The molecule has 1 aromatic heterocycles. The number of anilines is 4. The Bertz CT molecular complexity index is 772. The van der Waals surface area contributed by atoms with Crippen molar-refractivity contribution in [2.24, 2.45) is 0 Å². The normalized spacial score (nSPS) is 18.3. The van der Waals surface area contributed by atoms with Crippen LogP contribution in [-0.2, 0) is 6.42 Å². The van der Waals surface area contributed by atoms with E-state index in [0.29, 0.717) is 5.95 Å². The predicted molar refractivity (Wildman–Crippen MR) is 99.6 cm³/mol. The van der Waals surface area contributed by atoms with Crippen LogP contribution in [0, 0.1) is 0 Å². The monoisotopic (exact) mass is 340 g/mol. The lowest BCUT2D eigenvalue weighted by molar-refractivity contribution is 0.312. The van der Waals surface area contributed by atoms with Gasteiger partial charge in [0.15, 0.2) is 0 Å². The molecule has 25 heavy (non-hydrogen) atoms. The highest BCUT2D eigenvalue weighted by molar-refractivity contribution is 5.69. The number of benzene rings is 1. The number of fused-ring (bicyclic) bond motifs is 1. The van der Waals surface area contributed by atoms with E-state index in [0.717, 1.165) is 62.9 Å². The number of hydrogen-bond donors (Lipinski definition) is 2. The zero-order chi connectivity index (χ0) is 17.4. The first-order valence-corrected chi connectivity index (χ1v) is 8.77. The number of aryl methyl sites for hydroxylation is 1. The van der Waals surface area contributed by atoms with E-state index >= 15 is 0 Å². The maximum atomic E-state index is 9.89. The van der Waals surface area contributed by atoms with Crippen molar-refractivity contribution in [1.82, 2.24) is 14.9 Å². The van der Waals surface area contributed by atoms with Crippen LogP contribution in [0.4, 0.5) is 23.3 Å². The molecule has 3 heterocycles. The summed E-state index contributed by atoms with van der Waals surface area (Å²) in [5, 5.41) is 9.89. The van der Waals surface area contributed by atoms with Gasteiger partial charge >= 0.3 is 0 Å². The minimum Gasteiger partial charge on any atom is -0.508 e. The zero-order valence-corrected chi connectivity index (χ0v) is 14.5. The molecule has 0 unspecified atom stereocenters. The number of nitrogens with two attached hydrogens (primary N) is 1. The molecule has 0 saturated carbocycles. The number of rotatable bonds is 2. The maximum absolute atomic E-state index is 9.89. The Kier molecular flexibility index (Phi) is 4.09. The average Bonchev–Trinajstić information content (AvgIpc) is 2.61. The fraction of sp³-hybridized carbons (Fsp3) is 0.444. The SMILES string of the molecule is CN1CCN(c2cc(N3CCCc4ccc(O)cc43)nc(N)n2)CC1. The first-order chi connectivity index (χ1) is 12.1. The third-order valence-corrected chi connectivity index (χ3v) is 5.01. The standard InChI is InChI=1S/C18H24N6O/c1-22-7-9-23(10-8-22)16-12-17(21-18(19)20-16)24-6-2-3-13-4-5-14(25)11-15(13)24/h4-5,11-12,25H,2-3,6-10H2,1H3,(H2,19,20,21). The number of likely N-dealkylation sites (N-methyl/N-ethyl adjacent to an activating group) is 1. The van der Waals surface area contributed by atoms with E-state index in [1.54, 1.807) is 6.07 Å². The predicted octanol–water partition coefficient (Wildman–Crippen LogP) is 1.60. The highest BCUT2D eigenvalue weighted by Crippen LogP contribution is 2.36. The average molecular weight is 340 g/mol. The van der Waals surface area contributed by atoms with Gasteiger partial charge < -0.3 is 25.5 Å². The van der Waals surface area contributed by atoms with Crippen LogP contribution < -0.4 is 15.5 Å². The van der Waals surface area contributed by atoms with E-state index in [1.165, 1.54) is 5.56 Å². The summed E-state index contributed by atoms with van der Waals surface area (Å²) in [4.78, 5) is 15.6. The van der Waals surface area contributed by atoms with Gasteiger partial charge in [-0.15, -0.1) is 0 Å².